The van der Waals surface area contributed by atoms with Crippen LogP contribution in [0, 0.1) is 0 Å². The zero-order valence-electron chi connectivity index (χ0n) is 17.0. The predicted molar refractivity (Wildman–Crippen MR) is 117 cm³/mol. The molecule has 0 bridgehead atoms. The van der Waals surface area contributed by atoms with Gasteiger partial charge >= 0.3 is 0 Å². The number of benzene rings is 2. The second-order valence-corrected chi connectivity index (χ2v) is 7.08. The molecule has 30 heavy (non-hydrogen) atoms. The topological polar surface area (TPSA) is 90.6 Å². The molecule has 3 aromatic rings. The van der Waals surface area contributed by atoms with E-state index in [1.54, 1.807) is 20.4 Å². The van der Waals surface area contributed by atoms with E-state index in [9.17, 15) is 4.79 Å². The first-order chi connectivity index (χ1) is 14.6. The van der Waals surface area contributed by atoms with Crippen molar-refractivity contribution in [1.29, 1.82) is 0 Å². The molecule has 1 heterocycles. The molecular formula is C21H23N5O3S. The zero-order chi connectivity index (χ0) is 21.3. The SMILES string of the molecule is CCn1c(SCC(=O)N/N=C/c2ccc(OC)cc2)nnc1-c1ccc(OC)cc1. The molecule has 3 rings (SSSR count). The number of nitrogens with zero attached hydrogens (tertiary/aromatic N) is 4. The third-order valence-electron chi connectivity index (χ3n) is 4.23. The summed E-state index contributed by atoms with van der Waals surface area (Å²) in [5.41, 5.74) is 4.32. The lowest BCUT2D eigenvalue weighted by Crippen LogP contribution is -2.20. The normalized spacial score (nSPS) is 10.9. The van der Waals surface area contributed by atoms with Crippen molar-refractivity contribution in [3.63, 3.8) is 0 Å². The Morgan fingerprint density at radius 2 is 1.70 bits per heavy atom. The van der Waals surface area contributed by atoms with Crippen LogP contribution >= 0.6 is 11.8 Å². The lowest BCUT2D eigenvalue weighted by Gasteiger charge is -2.07. The minimum Gasteiger partial charge on any atom is -0.497 e. The fourth-order valence-electron chi connectivity index (χ4n) is 2.67. The number of amides is 1. The van der Waals surface area contributed by atoms with Gasteiger partial charge in [0.2, 0.25) is 0 Å². The van der Waals surface area contributed by atoms with Crippen LogP contribution in [-0.4, -0.2) is 46.9 Å². The van der Waals surface area contributed by atoms with Crippen molar-refractivity contribution in [2.75, 3.05) is 20.0 Å². The Morgan fingerprint density at radius 3 is 2.30 bits per heavy atom. The molecule has 0 fully saturated rings. The Bertz CT molecular complexity index is 1000. The van der Waals surface area contributed by atoms with Gasteiger partial charge in [-0.1, -0.05) is 11.8 Å². The summed E-state index contributed by atoms with van der Waals surface area (Å²) >= 11 is 1.32. The van der Waals surface area contributed by atoms with E-state index in [-0.39, 0.29) is 11.7 Å². The number of ether oxygens (including phenoxy) is 2. The van der Waals surface area contributed by atoms with Gasteiger partial charge in [-0.25, -0.2) is 5.43 Å². The van der Waals surface area contributed by atoms with E-state index in [2.05, 4.69) is 20.7 Å². The molecular weight excluding hydrogens is 402 g/mol. The van der Waals surface area contributed by atoms with E-state index in [0.717, 1.165) is 28.5 Å². The lowest BCUT2D eigenvalue weighted by atomic mass is 10.2. The van der Waals surface area contributed by atoms with Crippen molar-refractivity contribution < 1.29 is 14.3 Å². The Balaban J connectivity index is 1.57. The van der Waals surface area contributed by atoms with Crippen molar-refractivity contribution in [2.45, 2.75) is 18.6 Å². The van der Waals surface area contributed by atoms with Gasteiger partial charge in [-0.15, -0.1) is 10.2 Å². The van der Waals surface area contributed by atoms with Crippen LogP contribution in [0.3, 0.4) is 0 Å². The summed E-state index contributed by atoms with van der Waals surface area (Å²) in [5.74, 6) is 2.26. The summed E-state index contributed by atoms with van der Waals surface area (Å²) in [6.07, 6.45) is 1.58. The number of hydrogen-bond donors (Lipinski definition) is 1. The molecule has 9 heteroatoms. The molecule has 0 aliphatic carbocycles. The van der Waals surface area contributed by atoms with Gasteiger partial charge < -0.3 is 14.0 Å². The monoisotopic (exact) mass is 425 g/mol. The van der Waals surface area contributed by atoms with Crippen LogP contribution < -0.4 is 14.9 Å². The smallest absolute Gasteiger partial charge is 0.250 e. The first kappa shape index (κ1) is 21.4. The van der Waals surface area contributed by atoms with Gasteiger partial charge in [0.05, 0.1) is 26.2 Å². The van der Waals surface area contributed by atoms with Crippen molar-refractivity contribution in [3.05, 3.63) is 54.1 Å². The number of hydrogen-bond acceptors (Lipinski definition) is 7. The fraction of sp³-hybridized carbons (Fsp3) is 0.238. The largest absolute Gasteiger partial charge is 0.497 e. The maximum absolute atomic E-state index is 12.1. The molecule has 0 atom stereocenters. The number of hydrazone groups is 1. The quantitative estimate of drug-likeness (QED) is 0.322. The Morgan fingerprint density at radius 1 is 1.07 bits per heavy atom. The fourth-order valence-corrected chi connectivity index (χ4v) is 3.46. The maximum atomic E-state index is 12.1. The predicted octanol–water partition coefficient (Wildman–Crippen LogP) is 3.22. The summed E-state index contributed by atoms with van der Waals surface area (Å²) < 4.78 is 12.3. The highest BCUT2D eigenvalue weighted by atomic mass is 32.2. The van der Waals surface area contributed by atoms with E-state index in [1.165, 1.54) is 11.8 Å². The van der Waals surface area contributed by atoms with Crippen LogP contribution in [0.1, 0.15) is 12.5 Å². The molecule has 1 aromatic heterocycles. The number of rotatable bonds is 9. The van der Waals surface area contributed by atoms with Gasteiger partial charge in [-0.2, -0.15) is 5.10 Å². The molecule has 0 aliphatic rings. The summed E-state index contributed by atoms with van der Waals surface area (Å²) in [4.78, 5) is 12.1. The standard InChI is InChI=1S/C21H23N5O3S/c1-4-26-20(16-7-11-18(29-3)12-8-16)24-25-21(26)30-14-19(27)23-22-13-15-5-9-17(28-2)10-6-15/h5-13H,4,14H2,1-3H3,(H,23,27)/b22-13+. The summed E-state index contributed by atoms with van der Waals surface area (Å²) in [7, 11) is 3.24. The summed E-state index contributed by atoms with van der Waals surface area (Å²) in [6.45, 7) is 2.70. The van der Waals surface area contributed by atoms with Crippen molar-refractivity contribution in [1.82, 2.24) is 20.2 Å². The van der Waals surface area contributed by atoms with E-state index in [1.807, 2.05) is 60.0 Å². The van der Waals surface area contributed by atoms with Gasteiger partial charge in [-0.05, 0) is 61.0 Å². The zero-order valence-corrected chi connectivity index (χ0v) is 17.8. The Hall–Kier alpha value is -3.33. The van der Waals surface area contributed by atoms with Crippen molar-refractivity contribution >= 4 is 23.9 Å². The first-order valence-corrected chi connectivity index (χ1v) is 10.3. The number of nitrogens with one attached hydrogen (secondary N) is 1. The molecule has 2 aromatic carbocycles. The highest BCUT2D eigenvalue weighted by Crippen LogP contribution is 2.25. The molecule has 0 spiro atoms. The molecule has 0 radical (unpaired) electrons. The number of carbonyl (C=O) groups is 1. The van der Waals surface area contributed by atoms with Crippen LogP contribution in [0.4, 0.5) is 0 Å². The van der Waals surface area contributed by atoms with Gasteiger partial charge in [0, 0.05) is 12.1 Å². The van der Waals surface area contributed by atoms with Crippen LogP contribution in [0.25, 0.3) is 11.4 Å². The molecule has 1 N–H and O–H groups in total. The third kappa shape index (κ3) is 5.38. The first-order valence-electron chi connectivity index (χ1n) is 9.31. The summed E-state index contributed by atoms with van der Waals surface area (Å²) in [5, 5.41) is 13.2. The van der Waals surface area contributed by atoms with E-state index in [4.69, 9.17) is 9.47 Å². The lowest BCUT2D eigenvalue weighted by molar-refractivity contribution is -0.118. The second-order valence-electron chi connectivity index (χ2n) is 6.13. The van der Waals surface area contributed by atoms with Gasteiger partial charge in [0.25, 0.3) is 5.91 Å². The van der Waals surface area contributed by atoms with E-state index < -0.39 is 0 Å². The van der Waals surface area contributed by atoms with Crippen LogP contribution in [0.15, 0.2) is 58.8 Å². The Kier molecular flexibility index (Phi) is 7.45. The molecule has 1 amide bonds. The van der Waals surface area contributed by atoms with Crippen molar-refractivity contribution in [2.24, 2.45) is 5.10 Å². The van der Waals surface area contributed by atoms with Gasteiger partial charge in [-0.3, -0.25) is 4.79 Å². The van der Waals surface area contributed by atoms with Crippen molar-refractivity contribution in [3.8, 4) is 22.9 Å². The Labute approximate surface area is 179 Å². The minimum atomic E-state index is -0.221. The van der Waals surface area contributed by atoms with Crippen LogP contribution in [0.5, 0.6) is 11.5 Å². The maximum Gasteiger partial charge on any atom is 0.250 e. The number of carbonyl (C=O) groups excluding carboxylic acids is 1. The van der Waals surface area contributed by atoms with E-state index in [0.29, 0.717) is 11.7 Å². The molecule has 0 aliphatic heterocycles. The highest BCUT2D eigenvalue weighted by Gasteiger charge is 2.14. The third-order valence-corrected chi connectivity index (χ3v) is 5.20. The molecule has 8 nitrogen and oxygen atoms in total. The number of thioether (sulfide) groups is 1. The van der Waals surface area contributed by atoms with Gasteiger partial charge in [0.15, 0.2) is 11.0 Å². The molecule has 156 valence electrons. The number of methoxy groups -OCH3 is 2. The molecule has 0 saturated carbocycles. The average Bonchev–Trinajstić information content (AvgIpc) is 3.21. The second kappa shape index (κ2) is 10.4. The average molecular weight is 426 g/mol. The molecule has 0 saturated heterocycles. The van der Waals surface area contributed by atoms with Gasteiger partial charge in [0.1, 0.15) is 11.5 Å². The summed E-state index contributed by atoms with van der Waals surface area (Å²) in [6, 6.07) is 15.0. The van der Waals surface area contributed by atoms with E-state index >= 15 is 0 Å². The highest BCUT2D eigenvalue weighted by molar-refractivity contribution is 7.99. The van der Waals surface area contributed by atoms with Crippen LogP contribution in [0.2, 0.25) is 0 Å². The molecule has 0 unspecified atom stereocenters. The number of aromatic nitrogens is 3. The van der Waals surface area contributed by atoms with Crippen LogP contribution in [-0.2, 0) is 11.3 Å². The minimum absolute atomic E-state index is 0.181.